The molecule has 0 aromatic heterocycles. The Kier molecular flexibility index (Phi) is 11.6. The van der Waals surface area contributed by atoms with Crippen LogP contribution in [0.4, 0.5) is 5.69 Å². The van der Waals surface area contributed by atoms with Crippen molar-refractivity contribution in [2.45, 2.75) is 65.6 Å². The quantitative estimate of drug-likeness (QED) is 0.235. The largest absolute Gasteiger partial charge is 0.400 e. The van der Waals surface area contributed by atoms with Crippen molar-refractivity contribution < 1.29 is 20.5 Å². The number of hydrogen-bond acceptors (Lipinski definition) is 7. The first-order valence-electron chi connectivity index (χ1n) is 10.1. The lowest BCUT2D eigenvalue weighted by molar-refractivity contribution is -0.386. The molecular formula is C19H32N3O5P. The molecule has 0 amide bonds. The average Bonchev–Trinajstić information content (AvgIpc) is 2.67. The smallest absolute Gasteiger partial charge is 0.275 e. The highest BCUT2D eigenvalue weighted by molar-refractivity contribution is 7.44. The molecule has 0 radical (unpaired) electrons. The number of aliphatic hydroxyl groups excluding tert-OH is 1. The Morgan fingerprint density at radius 2 is 2.04 bits per heavy atom. The molecule has 0 saturated carbocycles. The molecule has 1 aromatic carbocycles. The highest BCUT2D eigenvalue weighted by atomic mass is 31.2. The van der Waals surface area contributed by atoms with Gasteiger partial charge >= 0.3 is 0 Å². The zero-order valence-corrected chi connectivity index (χ0v) is 18.1. The zero-order chi connectivity index (χ0) is 23.1. The van der Waals surface area contributed by atoms with Crippen molar-refractivity contribution in [3.8, 4) is 6.07 Å². The van der Waals surface area contributed by atoms with Crippen LogP contribution in [0.2, 0.25) is 0 Å². The van der Waals surface area contributed by atoms with E-state index in [1.165, 1.54) is 13.2 Å². The van der Waals surface area contributed by atoms with Gasteiger partial charge in [-0.2, -0.15) is 5.26 Å². The molecule has 0 saturated heterocycles. The third-order valence-corrected chi connectivity index (χ3v) is 5.76. The molecule has 0 fully saturated rings. The van der Waals surface area contributed by atoms with Crippen LogP contribution in [0.25, 0.3) is 0 Å². The fourth-order valence-electron chi connectivity index (χ4n) is 2.59. The number of nitrogens with zero attached hydrogens (tertiary/aromatic N) is 3. The molecule has 1 N–H and O–H groups in total. The van der Waals surface area contributed by atoms with Crippen LogP contribution in [0.15, 0.2) is 24.3 Å². The monoisotopic (exact) mass is 416 g/mol. The maximum Gasteiger partial charge on any atom is 0.275 e. The van der Waals surface area contributed by atoms with Gasteiger partial charge in [-0.15, -0.1) is 0 Å². The number of nitro groups is 1. The lowest BCUT2D eigenvalue weighted by Gasteiger charge is -2.37. The van der Waals surface area contributed by atoms with Crippen LogP contribution >= 0.6 is 8.53 Å². The van der Waals surface area contributed by atoms with E-state index >= 15 is 0 Å². The Hall–Kier alpha value is -1.62. The Labute approximate surface area is 172 Å². The zero-order valence-electron chi connectivity index (χ0n) is 19.2. The van der Waals surface area contributed by atoms with Crippen molar-refractivity contribution in [2.75, 3.05) is 13.7 Å². The van der Waals surface area contributed by atoms with Gasteiger partial charge in [0.15, 0.2) is 0 Å². The normalized spacial score (nSPS) is 14.0. The fourth-order valence-corrected chi connectivity index (χ4v) is 4.34. The molecule has 28 heavy (non-hydrogen) atoms. The lowest BCUT2D eigenvalue weighted by Crippen LogP contribution is -2.34. The van der Waals surface area contributed by atoms with Gasteiger partial charge in [0, 0.05) is 26.6 Å². The summed E-state index contributed by atoms with van der Waals surface area (Å²) in [6.45, 7) is 8.39. The number of rotatable bonds is 11. The Morgan fingerprint density at radius 1 is 1.43 bits per heavy atom. The maximum absolute atomic E-state index is 11.4. The maximum atomic E-state index is 11.4. The summed E-state index contributed by atoms with van der Waals surface area (Å²) in [5.74, 6) is 0. The molecular weight excluding hydrogens is 381 g/mol. The molecule has 0 aliphatic carbocycles. The van der Waals surface area contributed by atoms with Crippen molar-refractivity contribution in [1.29, 1.82) is 6.69 Å². The Morgan fingerprint density at radius 3 is 2.54 bits per heavy atom. The fraction of sp³-hybridized carbons (Fsp3) is 0.632. The Bertz CT molecular complexity index is 653. The number of hydrogen-bond donors (Lipinski definition) is 1. The highest BCUT2D eigenvalue weighted by Crippen LogP contribution is 2.51. The predicted octanol–water partition coefficient (Wildman–Crippen LogP) is 4.95. The van der Waals surface area contributed by atoms with Gasteiger partial charge in [0.2, 0.25) is 1.43 Å². The van der Waals surface area contributed by atoms with Crippen molar-refractivity contribution >= 4 is 14.2 Å². The van der Waals surface area contributed by atoms with E-state index in [1.54, 1.807) is 18.2 Å². The summed E-state index contributed by atoms with van der Waals surface area (Å²) < 4.78 is 27.5. The standard InChI is InChI=1S/C18H28N3O4P.CH4O/c1-6-18(16-10-7-8-11-17(16)21(22)23)25-26(24-13-9-12-19)20(14(2)3)15(4)5;1-2/h7-8,10-11,14-15,18H,6,9,13H2,1-5H3;2H,1H3/i1D;2T. The van der Waals surface area contributed by atoms with Crippen LogP contribution in [0.5, 0.6) is 0 Å². The molecule has 9 heteroatoms. The van der Waals surface area contributed by atoms with E-state index in [0.717, 1.165) is 0 Å². The summed E-state index contributed by atoms with van der Waals surface area (Å²) in [6.07, 6.45) is -0.0758. The van der Waals surface area contributed by atoms with Crippen molar-refractivity contribution in [1.82, 2.24) is 4.67 Å². The topological polar surface area (TPSA) is 109 Å². The molecule has 0 aliphatic rings. The molecule has 158 valence electrons. The van der Waals surface area contributed by atoms with Crippen molar-refractivity contribution in [3.05, 3.63) is 39.9 Å². The minimum Gasteiger partial charge on any atom is -0.400 e. The highest BCUT2D eigenvalue weighted by Gasteiger charge is 2.32. The molecule has 0 heterocycles. The predicted molar refractivity (Wildman–Crippen MR) is 111 cm³/mol. The molecule has 1 aromatic rings. The van der Waals surface area contributed by atoms with Gasteiger partial charge in [0.05, 0.1) is 35.7 Å². The van der Waals surface area contributed by atoms with Crippen LogP contribution < -0.4 is 0 Å². The SMILES string of the molecule is [2H]CCC(OP(OCCC#N)N(C(C)C)C(C)C)c1ccccc1[N+](=O)[O-].[3H]OC. The molecule has 8 nitrogen and oxygen atoms in total. The molecule has 2 unspecified atom stereocenters. The van der Waals surface area contributed by atoms with E-state index in [1.807, 2.05) is 33.8 Å². The van der Waals surface area contributed by atoms with Gasteiger partial charge in [-0.1, -0.05) is 19.0 Å². The van der Waals surface area contributed by atoms with Crippen LogP contribution in [0, 0.1) is 21.4 Å². The lowest BCUT2D eigenvalue weighted by atomic mass is 10.1. The minimum absolute atomic E-state index is 0.0245. The van der Waals surface area contributed by atoms with E-state index in [9.17, 15) is 10.1 Å². The van der Waals surface area contributed by atoms with Crippen LogP contribution in [0.3, 0.4) is 0 Å². The van der Waals surface area contributed by atoms with E-state index < -0.39 is 19.6 Å². The van der Waals surface area contributed by atoms with E-state index in [-0.39, 0.29) is 37.7 Å². The third-order valence-electron chi connectivity index (χ3n) is 3.62. The second kappa shape index (κ2) is 14.4. The molecule has 0 spiro atoms. The van der Waals surface area contributed by atoms with Gasteiger partial charge in [0.1, 0.15) is 0 Å². The first-order chi connectivity index (χ1) is 14.2. The second-order valence-corrected chi connectivity index (χ2v) is 7.65. The summed E-state index contributed by atoms with van der Waals surface area (Å²) >= 11 is 0. The van der Waals surface area contributed by atoms with Crippen LogP contribution in [-0.4, -0.2) is 41.9 Å². The molecule has 1 rings (SSSR count). The van der Waals surface area contributed by atoms with Gasteiger partial charge in [0.25, 0.3) is 14.2 Å². The third kappa shape index (κ3) is 8.17. The summed E-state index contributed by atoms with van der Waals surface area (Å²) in [7, 11) is -0.253. The van der Waals surface area contributed by atoms with Crippen molar-refractivity contribution in [2.24, 2.45) is 0 Å². The van der Waals surface area contributed by atoms with E-state index in [4.69, 9.17) is 17.1 Å². The van der Waals surface area contributed by atoms with Gasteiger partial charge in [-0.3, -0.25) is 10.1 Å². The number of nitro benzene ring substituents is 1. The number of para-hydroxylation sites is 1. The summed E-state index contributed by atoms with van der Waals surface area (Å²) in [5.41, 5.74) is 0.419. The van der Waals surface area contributed by atoms with Gasteiger partial charge in [-0.25, -0.2) is 4.67 Å². The Balaban J connectivity index is 0.00000263. The van der Waals surface area contributed by atoms with Crippen molar-refractivity contribution in [3.63, 3.8) is 0 Å². The first-order valence-corrected chi connectivity index (χ1v) is 10.1. The summed E-state index contributed by atoms with van der Waals surface area (Å²) in [4.78, 5) is 11.0. The molecule has 0 aliphatic heterocycles. The van der Waals surface area contributed by atoms with Crippen LogP contribution in [-0.2, 0) is 9.05 Å². The van der Waals surface area contributed by atoms with Crippen LogP contribution in [0.1, 0.15) is 60.5 Å². The number of nitriles is 1. The summed E-state index contributed by atoms with van der Waals surface area (Å²) in [5, 5.41) is 23.7. The minimum atomic E-state index is -1.54. The van der Waals surface area contributed by atoms with Gasteiger partial charge in [-0.05, 0) is 40.2 Å². The number of benzene rings is 1. The second-order valence-electron chi connectivity index (χ2n) is 6.25. The van der Waals surface area contributed by atoms with E-state index in [0.29, 0.717) is 12.0 Å². The summed E-state index contributed by atoms with van der Waals surface area (Å²) in [6, 6.07) is 8.74. The average molecular weight is 416 g/mol. The number of aliphatic hydroxyl groups is 1. The molecule has 2 atom stereocenters. The molecule has 0 bridgehead atoms. The van der Waals surface area contributed by atoms with Gasteiger partial charge < -0.3 is 14.2 Å². The first kappa shape index (κ1) is 22.7. The van der Waals surface area contributed by atoms with E-state index in [2.05, 4.69) is 9.78 Å².